The maximum absolute atomic E-state index is 15.1. The molecule has 3 aromatic carbocycles. The number of halogens is 1. The number of nitrogens with zero attached hydrogens (tertiary/aromatic N) is 4. The van der Waals surface area contributed by atoms with Crippen LogP contribution in [0.25, 0.3) is 10.9 Å². The lowest BCUT2D eigenvalue weighted by Crippen LogP contribution is -2.03. The van der Waals surface area contributed by atoms with Crippen LogP contribution in [0.5, 0.6) is 0 Å². The first-order valence-corrected chi connectivity index (χ1v) is 11.7. The lowest BCUT2D eigenvalue weighted by Gasteiger charge is -2.13. The quantitative estimate of drug-likeness (QED) is 0.336. The number of aryl methyl sites for hydroxylation is 1. The molecule has 176 valence electrons. The van der Waals surface area contributed by atoms with Gasteiger partial charge in [-0.3, -0.25) is 0 Å². The van der Waals surface area contributed by atoms with Crippen LogP contribution in [0.1, 0.15) is 42.5 Å². The Kier molecular flexibility index (Phi) is 6.23. The molecule has 1 aliphatic rings. The molecule has 7 heteroatoms. The summed E-state index contributed by atoms with van der Waals surface area (Å²) in [6.45, 7) is 4.08. The number of benzene rings is 3. The molecule has 1 aromatic heterocycles. The summed E-state index contributed by atoms with van der Waals surface area (Å²) in [4.78, 5) is 8.78. The molecule has 2 N–H and O–H groups in total. The monoisotopic (exact) mass is 466 g/mol. The number of hydrogen-bond acceptors (Lipinski definition) is 6. The first kappa shape index (κ1) is 22.7. The van der Waals surface area contributed by atoms with Crippen LogP contribution in [0.15, 0.2) is 71.1 Å². The lowest BCUT2D eigenvalue weighted by molar-refractivity contribution is 0.630. The van der Waals surface area contributed by atoms with E-state index < -0.39 is 0 Å². The highest BCUT2D eigenvalue weighted by molar-refractivity contribution is 6.14. The molecule has 5 rings (SSSR count). The highest BCUT2D eigenvalue weighted by Gasteiger charge is 2.13. The summed E-state index contributed by atoms with van der Waals surface area (Å²) in [5, 5.41) is 15.6. The van der Waals surface area contributed by atoms with Gasteiger partial charge in [-0.05, 0) is 72.4 Å². The predicted octanol–water partition coefficient (Wildman–Crippen LogP) is 6.28. The van der Waals surface area contributed by atoms with Crippen LogP contribution < -0.4 is 10.6 Å². The number of rotatable bonds is 7. The number of fused-ring (bicyclic) bond motifs is 1. The van der Waals surface area contributed by atoms with Gasteiger partial charge in [-0.15, -0.1) is 0 Å². The minimum absolute atomic E-state index is 0.325. The molecule has 0 spiro atoms. The average molecular weight is 467 g/mol. The van der Waals surface area contributed by atoms with Gasteiger partial charge in [-0.1, -0.05) is 31.2 Å². The zero-order valence-corrected chi connectivity index (χ0v) is 20.1. The van der Waals surface area contributed by atoms with Crippen LogP contribution in [0.3, 0.4) is 0 Å². The van der Waals surface area contributed by atoms with Gasteiger partial charge in [0.1, 0.15) is 18.0 Å². The summed E-state index contributed by atoms with van der Waals surface area (Å²) in [5.41, 5.74) is 8.42. The molecule has 35 heavy (non-hydrogen) atoms. The summed E-state index contributed by atoms with van der Waals surface area (Å²) in [5.74, 6) is 0.247. The Morgan fingerprint density at radius 3 is 2.54 bits per heavy atom. The molecule has 0 radical (unpaired) electrons. The minimum Gasteiger partial charge on any atom is -0.388 e. The number of anilines is 3. The van der Waals surface area contributed by atoms with E-state index in [9.17, 15) is 0 Å². The summed E-state index contributed by atoms with van der Waals surface area (Å²) < 4.78 is 15.1. The van der Waals surface area contributed by atoms with Crippen molar-refractivity contribution >= 4 is 39.5 Å². The molecule has 0 saturated heterocycles. The van der Waals surface area contributed by atoms with Crippen LogP contribution in [0, 0.1) is 5.82 Å². The third-order valence-electron chi connectivity index (χ3n) is 6.23. The Morgan fingerprint density at radius 1 is 0.943 bits per heavy atom. The van der Waals surface area contributed by atoms with Crippen molar-refractivity contribution < 1.29 is 4.39 Å². The number of aromatic nitrogens is 2. The molecule has 0 atom stereocenters. The summed E-state index contributed by atoms with van der Waals surface area (Å²) in [6.07, 6.45) is 3.79. The third kappa shape index (κ3) is 4.75. The molecular weight excluding hydrogens is 439 g/mol. The van der Waals surface area contributed by atoms with Crippen molar-refractivity contribution in [2.75, 3.05) is 17.7 Å². The zero-order chi connectivity index (χ0) is 24.4. The summed E-state index contributed by atoms with van der Waals surface area (Å²) >= 11 is 0. The van der Waals surface area contributed by atoms with Crippen LogP contribution in [0.2, 0.25) is 0 Å². The van der Waals surface area contributed by atoms with Crippen molar-refractivity contribution in [3.63, 3.8) is 0 Å². The first-order chi connectivity index (χ1) is 17.0. The van der Waals surface area contributed by atoms with Crippen LogP contribution in [-0.4, -0.2) is 28.4 Å². The summed E-state index contributed by atoms with van der Waals surface area (Å²) in [6, 6.07) is 17.5. The predicted molar refractivity (Wildman–Crippen MR) is 142 cm³/mol. The maximum atomic E-state index is 15.1. The molecule has 0 fully saturated rings. The van der Waals surface area contributed by atoms with E-state index in [0.29, 0.717) is 17.9 Å². The van der Waals surface area contributed by atoms with Crippen molar-refractivity contribution in [2.24, 2.45) is 10.2 Å². The van der Waals surface area contributed by atoms with Gasteiger partial charge in [0, 0.05) is 30.3 Å². The smallest absolute Gasteiger partial charge is 0.146 e. The van der Waals surface area contributed by atoms with Crippen molar-refractivity contribution in [3.8, 4) is 0 Å². The number of hydrogen-bond donors (Lipinski definition) is 2. The van der Waals surface area contributed by atoms with Crippen molar-refractivity contribution in [1.29, 1.82) is 0 Å². The Hall–Kier alpha value is -4.13. The molecule has 2 heterocycles. The highest BCUT2D eigenvalue weighted by Crippen LogP contribution is 2.30. The van der Waals surface area contributed by atoms with E-state index in [2.05, 4.69) is 43.8 Å². The first-order valence-electron chi connectivity index (χ1n) is 11.7. The molecule has 0 bridgehead atoms. The minimum atomic E-state index is -0.325. The zero-order valence-electron chi connectivity index (χ0n) is 20.1. The highest BCUT2D eigenvalue weighted by atomic mass is 19.1. The van der Waals surface area contributed by atoms with Gasteiger partial charge >= 0.3 is 0 Å². The van der Waals surface area contributed by atoms with Crippen molar-refractivity contribution in [2.45, 2.75) is 33.1 Å². The van der Waals surface area contributed by atoms with Crippen molar-refractivity contribution in [1.82, 2.24) is 9.97 Å². The van der Waals surface area contributed by atoms with E-state index in [0.717, 1.165) is 57.5 Å². The molecule has 0 saturated carbocycles. The molecule has 0 aliphatic carbocycles. The van der Waals surface area contributed by atoms with E-state index in [4.69, 9.17) is 0 Å². The Bertz CT molecular complexity index is 1470. The van der Waals surface area contributed by atoms with E-state index >= 15 is 4.39 Å². The average Bonchev–Trinajstić information content (AvgIpc) is 3.31. The van der Waals surface area contributed by atoms with E-state index in [1.807, 2.05) is 50.4 Å². The van der Waals surface area contributed by atoms with E-state index in [1.165, 1.54) is 11.9 Å². The van der Waals surface area contributed by atoms with Gasteiger partial charge in [0.25, 0.3) is 0 Å². The fourth-order valence-electron chi connectivity index (χ4n) is 4.38. The Balaban J connectivity index is 1.37. The van der Waals surface area contributed by atoms with Gasteiger partial charge < -0.3 is 10.6 Å². The van der Waals surface area contributed by atoms with Crippen molar-refractivity contribution in [3.05, 3.63) is 89.0 Å². The standard InChI is InChI=1S/C28H27FN6/c1-4-20-14-27-22(15-25(20)30-3)28(32-16-31-27)33-24-9-8-19(13-23(24)29)11-18-6-5-7-21(12-18)26-10-17(2)34-35-26/h5-9,12-16,30H,4,10-11H2,1-3H3,(H,31,32,33). The van der Waals surface area contributed by atoms with E-state index in [1.54, 1.807) is 12.1 Å². The molecule has 6 nitrogen and oxygen atoms in total. The van der Waals surface area contributed by atoms with Gasteiger partial charge in [0.2, 0.25) is 0 Å². The SMILES string of the molecule is CCc1cc2ncnc(Nc3ccc(Cc4cccc(C5=NN=C(C)C5)c4)cc3F)c2cc1NC. The lowest BCUT2D eigenvalue weighted by atomic mass is 9.99. The topological polar surface area (TPSA) is 74.6 Å². The van der Waals surface area contributed by atoms with Crippen LogP contribution in [-0.2, 0) is 12.8 Å². The van der Waals surface area contributed by atoms with Gasteiger partial charge in [-0.25, -0.2) is 14.4 Å². The molecule has 0 amide bonds. The van der Waals surface area contributed by atoms with Gasteiger partial charge in [0.05, 0.1) is 16.9 Å². The second-order valence-corrected chi connectivity index (χ2v) is 8.73. The fraction of sp³-hybridized carbons (Fsp3) is 0.214. The van der Waals surface area contributed by atoms with Crippen LogP contribution >= 0.6 is 0 Å². The molecule has 0 unspecified atom stereocenters. The molecule has 4 aromatic rings. The Labute approximate surface area is 204 Å². The molecule has 1 aliphatic heterocycles. The summed E-state index contributed by atoms with van der Waals surface area (Å²) in [7, 11) is 1.89. The fourth-order valence-corrected chi connectivity index (χ4v) is 4.38. The third-order valence-corrected chi connectivity index (χ3v) is 6.23. The van der Waals surface area contributed by atoms with Crippen LogP contribution in [0.4, 0.5) is 21.6 Å². The van der Waals surface area contributed by atoms with Gasteiger partial charge in [-0.2, -0.15) is 10.2 Å². The molecular formula is C28H27FN6. The second kappa shape index (κ2) is 9.62. The maximum Gasteiger partial charge on any atom is 0.146 e. The second-order valence-electron chi connectivity index (χ2n) is 8.73. The largest absolute Gasteiger partial charge is 0.388 e. The number of nitrogens with one attached hydrogen (secondary N) is 2. The van der Waals surface area contributed by atoms with E-state index in [-0.39, 0.29) is 5.82 Å². The van der Waals surface area contributed by atoms with Gasteiger partial charge in [0.15, 0.2) is 0 Å². The Morgan fingerprint density at radius 2 is 1.80 bits per heavy atom. The normalized spacial score (nSPS) is 13.0.